The Balaban J connectivity index is 1.82. The number of aryl methyl sites for hydroxylation is 1. The molecule has 2 rings (SSSR count). The molecule has 2 aromatic rings. The maximum absolute atomic E-state index is 11.7. The van der Waals surface area contributed by atoms with Crippen LogP contribution in [0.5, 0.6) is 11.5 Å². The lowest BCUT2D eigenvalue weighted by molar-refractivity contribution is -0.123. The molecule has 0 unspecified atom stereocenters. The van der Waals surface area contributed by atoms with E-state index in [1.807, 2.05) is 62.4 Å². The smallest absolute Gasteiger partial charge is 0.277 e. The number of carbonyl (C=O) groups excluding carboxylic acids is 1. The van der Waals surface area contributed by atoms with Crippen LogP contribution in [0.3, 0.4) is 0 Å². The molecule has 0 saturated heterocycles. The van der Waals surface area contributed by atoms with Crippen molar-refractivity contribution in [1.29, 1.82) is 0 Å². The van der Waals surface area contributed by atoms with Crippen molar-refractivity contribution in [1.82, 2.24) is 5.43 Å². The standard InChI is InChI=1S/C19H22N2O3/c1-3-12-23-18-7-5-4-6-16(18)13-20-21-19(22)14-24-17-10-8-15(2)9-11-17/h4-11,13H,3,12,14H2,1-2H3,(H,21,22). The Labute approximate surface area is 142 Å². The third kappa shape index (κ3) is 5.76. The van der Waals surface area contributed by atoms with Crippen LogP contribution in [0.2, 0.25) is 0 Å². The van der Waals surface area contributed by atoms with Gasteiger partial charge in [0.2, 0.25) is 0 Å². The first kappa shape index (κ1) is 17.5. The van der Waals surface area contributed by atoms with Gasteiger partial charge in [0.05, 0.1) is 12.8 Å². The summed E-state index contributed by atoms with van der Waals surface area (Å²) >= 11 is 0. The SMILES string of the molecule is CCCOc1ccccc1C=NNC(=O)COc1ccc(C)cc1. The van der Waals surface area contributed by atoms with E-state index in [0.717, 1.165) is 23.3 Å². The van der Waals surface area contributed by atoms with E-state index in [9.17, 15) is 4.79 Å². The van der Waals surface area contributed by atoms with Crippen molar-refractivity contribution in [2.45, 2.75) is 20.3 Å². The quantitative estimate of drug-likeness (QED) is 0.598. The molecule has 24 heavy (non-hydrogen) atoms. The van der Waals surface area contributed by atoms with Crippen molar-refractivity contribution < 1.29 is 14.3 Å². The molecule has 0 aliphatic rings. The highest BCUT2D eigenvalue weighted by Crippen LogP contribution is 2.16. The van der Waals surface area contributed by atoms with Gasteiger partial charge in [-0.05, 0) is 37.6 Å². The maximum atomic E-state index is 11.7. The largest absolute Gasteiger partial charge is 0.493 e. The van der Waals surface area contributed by atoms with Gasteiger partial charge in [-0.15, -0.1) is 0 Å². The summed E-state index contributed by atoms with van der Waals surface area (Å²) in [4.78, 5) is 11.7. The predicted octanol–water partition coefficient (Wildman–Crippen LogP) is 3.31. The fourth-order valence-corrected chi connectivity index (χ4v) is 1.92. The summed E-state index contributed by atoms with van der Waals surface area (Å²) in [6, 6.07) is 15.1. The molecule has 0 spiro atoms. The van der Waals surface area contributed by atoms with Crippen LogP contribution in [0.25, 0.3) is 0 Å². The minimum atomic E-state index is -0.321. The molecule has 1 amide bonds. The zero-order valence-corrected chi connectivity index (χ0v) is 14.0. The molecule has 0 atom stereocenters. The second kappa shape index (κ2) is 9.35. The van der Waals surface area contributed by atoms with Crippen LogP contribution in [0, 0.1) is 6.92 Å². The Morgan fingerprint density at radius 1 is 1.12 bits per heavy atom. The molecule has 0 aromatic heterocycles. The molecule has 5 heteroatoms. The summed E-state index contributed by atoms with van der Waals surface area (Å²) in [6.45, 7) is 4.59. The summed E-state index contributed by atoms with van der Waals surface area (Å²) in [5.41, 5.74) is 4.40. The number of nitrogens with one attached hydrogen (secondary N) is 1. The van der Waals surface area contributed by atoms with Gasteiger partial charge < -0.3 is 9.47 Å². The number of hydrazone groups is 1. The van der Waals surface area contributed by atoms with Crippen LogP contribution in [0.4, 0.5) is 0 Å². The van der Waals surface area contributed by atoms with E-state index in [0.29, 0.717) is 12.4 Å². The van der Waals surface area contributed by atoms with Crippen molar-refractivity contribution >= 4 is 12.1 Å². The molecule has 0 radical (unpaired) electrons. The highest BCUT2D eigenvalue weighted by atomic mass is 16.5. The average Bonchev–Trinajstić information content (AvgIpc) is 2.60. The Bertz CT molecular complexity index is 681. The van der Waals surface area contributed by atoms with Gasteiger partial charge in [-0.25, -0.2) is 5.43 Å². The van der Waals surface area contributed by atoms with Crippen molar-refractivity contribution in [2.24, 2.45) is 5.10 Å². The van der Waals surface area contributed by atoms with E-state index in [2.05, 4.69) is 10.5 Å². The number of nitrogens with zero attached hydrogens (tertiary/aromatic N) is 1. The average molecular weight is 326 g/mol. The molecule has 0 aliphatic heterocycles. The normalized spacial score (nSPS) is 10.6. The lowest BCUT2D eigenvalue weighted by Crippen LogP contribution is -2.24. The van der Waals surface area contributed by atoms with Crippen molar-refractivity contribution in [2.75, 3.05) is 13.2 Å². The minimum Gasteiger partial charge on any atom is -0.493 e. The van der Waals surface area contributed by atoms with E-state index in [4.69, 9.17) is 9.47 Å². The lowest BCUT2D eigenvalue weighted by atomic mass is 10.2. The topological polar surface area (TPSA) is 59.9 Å². The molecular weight excluding hydrogens is 304 g/mol. The molecule has 126 valence electrons. The van der Waals surface area contributed by atoms with Gasteiger partial charge in [0.25, 0.3) is 5.91 Å². The van der Waals surface area contributed by atoms with Gasteiger partial charge in [0.15, 0.2) is 6.61 Å². The molecule has 1 N–H and O–H groups in total. The Hall–Kier alpha value is -2.82. The number of ether oxygens (including phenoxy) is 2. The number of benzene rings is 2. The van der Waals surface area contributed by atoms with Crippen LogP contribution < -0.4 is 14.9 Å². The molecule has 2 aromatic carbocycles. The molecule has 0 heterocycles. The van der Waals surface area contributed by atoms with Crippen LogP contribution in [-0.2, 0) is 4.79 Å². The highest BCUT2D eigenvalue weighted by Gasteiger charge is 2.02. The zero-order chi connectivity index (χ0) is 17.2. The van der Waals surface area contributed by atoms with Gasteiger partial charge in [0.1, 0.15) is 11.5 Å². The number of amides is 1. The number of hydrogen-bond donors (Lipinski definition) is 1. The van der Waals surface area contributed by atoms with E-state index in [-0.39, 0.29) is 12.5 Å². The molecular formula is C19H22N2O3. The third-order valence-corrected chi connectivity index (χ3v) is 3.16. The van der Waals surface area contributed by atoms with Gasteiger partial charge >= 0.3 is 0 Å². The van der Waals surface area contributed by atoms with Crippen LogP contribution in [0.15, 0.2) is 53.6 Å². The van der Waals surface area contributed by atoms with Gasteiger partial charge in [-0.3, -0.25) is 4.79 Å². The second-order valence-electron chi connectivity index (χ2n) is 5.28. The van der Waals surface area contributed by atoms with Crippen LogP contribution >= 0.6 is 0 Å². The monoisotopic (exact) mass is 326 g/mol. The molecule has 0 bridgehead atoms. The zero-order valence-electron chi connectivity index (χ0n) is 14.0. The first-order valence-corrected chi connectivity index (χ1v) is 7.92. The van der Waals surface area contributed by atoms with Gasteiger partial charge in [-0.2, -0.15) is 5.10 Å². The van der Waals surface area contributed by atoms with Crippen molar-refractivity contribution in [3.05, 3.63) is 59.7 Å². The number of para-hydroxylation sites is 1. The second-order valence-corrected chi connectivity index (χ2v) is 5.28. The van der Waals surface area contributed by atoms with Gasteiger partial charge in [0, 0.05) is 5.56 Å². The third-order valence-electron chi connectivity index (χ3n) is 3.16. The molecule has 5 nitrogen and oxygen atoms in total. The van der Waals surface area contributed by atoms with Crippen molar-refractivity contribution in [3.8, 4) is 11.5 Å². The number of hydrogen-bond acceptors (Lipinski definition) is 4. The number of rotatable bonds is 8. The lowest BCUT2D eigenvalue weighted by Gasteiger charge is -2.07. The Morgan fingerprint density at radius 2 is 1.88 bits per heavy atom. The van der Waals surface area contributed by atoms with Crippen LogP contribution in [-0.4, -0.2) is 25.3 Å². The van der Waals surface area contributed by atoms with E-state index >= 15 is 0 Å². The molecule has 0 fully saturated rings. The predicted molar refractivity (Wildman–Crippen MR) is 94.6 cm³/mol. The molecule has 0 saturated carbocycles. The summed E-state index contributed by atoms with van der Waals surface area (Å²) in [6.07, 6.45) is 2.49. The molecule has 0 aliphatic carbocycles. The first-order valence-electron chi connectivity index (χ1n) is 7.92. The van der Waals surface area contributed by atoms with E-state index < -0.39 is 0 Å². The Kier molecular flexibility index (Phi) is 6.83. The Morgan fingerprint density at radius 3 is 2.62 bits per heavy atom. The summed E-state index contributed by atoms with van der Waals surface area (Å²) in [5.74, 6) is 1.07. The van der Waals surface area contributed by atoms with Crippen molar-refractivity contribution in [3.63, 3.8) is 0 Å². The summed E-state index contributed by atoms with van der Waals surface area (Å²) < 4.78 is 11.0. The summed E-state index contributed by atoms with van der Waals surface area (Å²) in [7, 11) is 0. The van der Waals surface area contributed by atoms with Crippen LogP contribution in [0.1, 0.15) is 24.5 Å². The van der Waals surface area contributed by atoms with E-state index in [1.165, 1.54) is 0 Å². The highest BCUT2D eigenvalue weighted by molar-refractivity contribution is 5.85. The minimum absolute atomic E-state index is 0.0889. The summed E-state index contributed by atoms with van der Waals surface area (Å²) in [5, 5.41) is 3.95. The maximum Gasteiger partial charge on any atom is 0.277 e. The fraction of sp³-hybridized carbons (Fsp3) is 0.263. The van der Waals surface area contributed by atoms with E-state index in [1.54, 1.807) is 6.21 Å². The number of carbonyl (C=O) groups is 1. The van der Waals surface area contributed by atoms with Gasteiger partial charge in [-0.1, -0.05) is 36.8 Å². The first-order chi connectivity index (χ1) is 11.7. The fourth-order valence-electron chi connectivity index (χ4n) is 1.92.